The average Bonchev–Trinajstić information content (AvgIpc) is 2.50. The van der Waals surface area contributed by atoms with E-state index in [9.17, 15) is 4.79 Å². The lowest BCUT2D eigenvalue weighted by Gasteiger charge is -2.31. The van der Waals surface area contributed by atoms with Crippen LogP contribution in [0.25, 0.3) is 0 Å². The lowest BCUT2D eigenvalue weighted by atomic mass is 9.97. The maximum atomic E-state index is 12.2. The van der Waals surface area contributed by atoms with Crippen molar-refractivity contribution < 1.29 is 9.53 Å². The van der Waals surface area contributed by atoms with Gasteiger partial charge in [0.05, 0.1) is 19.3 Å². The Morgan fingerprint density at radius 2 is 2.09 bits per heavy atom. The SMILES string of the molecule is CNCC1CCN(CC(=O)Nc2cc(C)ccc2OC)CC1. The zero-order chi connectivity index (χ0) is 15.9. The van der Waals surface area contributed by atoms with E-state index in [2.05, 4.69) is 15.5 Å². The van der Waals surface area contributed by atoms with Crippen molar-refractivity contribution in [1.82, 2.24) is 10.2 Å². The fourth-order valence-corrected chi connectivity index (χ4v) is 2.95. The summed E-state index contributed by atoms with van der Waals surface area (Å²) in [5, 5.41) is 6.20. The molecule has 1 aromatic rings. The Kier molecular flexibility index (Phi) is 6.21. The minimum Gasteiger partial charge on any atom is -0.495 e. The molecule has 0 radical (unpaired) electrons. The van der Waals surface area contributed by atoms with Gasteiger partial charge in [0.1, 0.15) is 5.75 Å². The third-order valence-corrected chi connectivity index (χ3v) is 4.20. The molecule has 1 aliphatic rings. The molecule has 2 rings (SSSR count). The molecular weight excluding hydrogens is 278 g/mol. The van der Waals surface area contributed by atoms with Crippen LogP contribution in [0.4, 0.5) is 5.69 Å². The van der Waals surface area contributed by atoms with E-state index >= 15 is 0 Å². The number of nitrogens with one attached hydrogen (secondary N) is 2. The summed E-state index contributed by atoms with van der Waals surface area (Å²) in [5.74, 6) is 1.46. The topological polar surface area (TPSA) is 53.6 Å². The van der Waals surface area contributed by atoms with Gasteiger partial charge in [-0.15, -0.1) is 0 Å². The van der Waals surface area contributed by atoms with Gasteiger partial charge in [-0.1, -0.05) is 6.07 Å². The first-order valence-electron chi connectivity index (χ1n) is 7.94. The van der Waals surface area contributed by atoms with Gasteiger partial charge in [0.25, 0.3) is 0 Å². The van der Waals surface area contributed by atoms with Crippen molar-refractivity contribution in [1.29, 1.82) is 0 Å². The number of likely N-dealkylation sites (tertiary alicyclic amines) is 1. The standard InChI is InChI=1S/C17H27N3O2/c1-13-4-5-16(22-3)15(10-13)19-17(21)12-20-8-6-14(7-9-20)11-18-2/h4-5,10,14,18H,6-9,11-12H2,1-3H3,(H,19,21). The summed E-state index contributed by atoms with van der Waals surface area (Å²) in [6.45, 7) is 5.50. The summed E-state index contributed by atoms with van der Waals surface area (Å²) in [6, 6.07) is 5.80. The molecule has 2 N–H and O–H groups in total. The minimum absolute atomic E-state index is 0.0240. The monoisotopic (exact) mass is 305 g/mol. The van der Waals surface area contributed by atoms with Crippen molar-refractivity contribution in [3.8, 4) is 5.75 Å². The average molecular weight is 305 g/mol. The summed E-state index contributed by atoms with van der Waals surface area (Å²) in [6.07, 6.45) is 2.31. The van der Waals surface area contributed by atoms with Crippen molar-refractivity contribution in [2.24, 2.45) is 5.92 Å². The smallest absolute Gasteiger partial charge is 0.238 e. The van der Waals surface area contributed by atoms with E-state index in [0.717, 1.165) is 49.6 Å². The Bertz CT molecular complexity index is 497. The molecule has 0 atom stereocenters. The number of carbonyl (C=O) groups is 1. The molecule has 22 heavy (non-hydrogen) atoms. The molecule has 5 nitrogen and oxygen atoms in total. The number of aryl methyl sites for hydroxylation is 1. The first-order chi connectivity index (χ1) is 10.6. The Morgan fingerprint density at radius 3 is 2.73 bits per heavy atom. The van der Waals surface area contributed by atoms with Gasteiger partial charge in [-0.2, -0.15) is 0 Å². The van der Waals surface area contributed by atoms with Crippen molar-refractivity contribution in [3.05, 3.63) is 23.8 Å². The van der Waals surface area contributed by atoms with Crippen LogP contribution in [0.5, 0.6) is 5.75 Å². The molecule has 1 aliphatic heterocycles. The quantitative estimate of drug-likeness (QED) is 0.842. The zero-order valence-corrected chi connectivity index (χ0v) is 13.8. The summed E-state index contributed by atoms with van der Waals surface area (Å²) < 4.78 is 5.30. The molecule has 1 aromatic carbocycles. The van der Waals surface area contributed by atoms with Gasteiger partial charge in [0, 0.05) is 0 Å². The number of piperidine rings is 1. The van der Waals surface area contributed by atoms with Crippen LogP contribution in [0.3, 0.4) is 0 Å². The van der Waals surface area contributed by atoms with Crippen LogP contribution in [0.15, 0.2) is 18.2 Å². The van der Waals surface area contributed by atoms with Crippen molar-refractivity contribution in [2.45, 2.75) is 19.8 Å². The van der Waals surface area contributed by atoms with Gasteiger partial charge < -0.3 is 15.4 Å². The van der Waals surface area contributed by atoms with Crippen LogP contribution < -0.4 is 15.4 Å². The number of hydrogen-bond donors (Lipinski definition) is 2. The fourth-order valence-electron chi connectivity index (χ4n) is 2.95. The number of anilines is 1. The lowest BCUT2D eigenvalue weighted by Crippen LogP contribution is -2.40. The Morgan fingerprint density at radius 1 is 1.36 bits per heavy atom. The summed E-state index contributed by atoms with van der Waals surface area (Å²) in [7, 11) is 3.61. The number of ether oxygens (including phenoxy) is 1. The molecule has 0 unspecified atom stereocenters. The van der Waals surface area contributed by atoms with E-state index in [1.165, 1.54) is 0 Å². The summed E-state index contributed by atoms with van der Waals surface area (Å²) >= 11 is 0. The van der Waals surface area contributed by atoms with Crippen LogP contribution in [0.1, 0.15) is 18.4 Å². The lowest BCUT2D eigenvalue weighted by molar-refractivity contribution is -0.117. The molecule has 1 fully saturated rings. The highest BCUT2D eigenvalue weighted by Gasteiger charge is 2.20. The molecule has 5 heteroatoms. The normalized spacial score (nSPS) is 16.5. The second-order valence-electron chi connectivity index (χ2n) is 6.03. The van der Waals surface area contributed by atoms with Crippen molar-refractivity contribution in [2.75, 3.05) is 45.7 Å². The van der Waals surface area contributed by atoms with Crippen LogP contribution in [0, 0.1) is 12.8 Å². The number of carbonyl (C=O) groups excluding carboxylic acids is 1. The van der Waals surface area contributed by atoms with E-state index in [0.29, 0.717) is 12.3 Å². The highest BCUT2D eigenvalue weighted by molar-refractivity contribution is 5.93. The Hall–Kier alpha value is -1.59. The largest absolute Gasteiger partial charge is 0.495 e. The molecule has 0 bridgehead atoms. The van der Waals surface area contributed by atoms with Gasteiger partial charge in [-0.3, -0.25) is 9.69 Å². The molecule has 0 aromatic heterocycles. The maximum Gasteiger partial charge on any atom is 0.238 e. The Balaban J connectivity index is 1.85. The predicted molar refractivity (Wildman–Crippen MR) is 89.5 cm³/mol. The van der Waals surface area contributed by atoms with Gasteiger partial charge in [-0.05, 0) is 70.1 Å². The van der Waals surface area contributed by atoms with E-state index in [4.69, 9.17) is 4.74 Å². The molecule has 0 aliphatic carbocycles. The molecule has 0 saturated carbocycles. The number of hydrogen-bond acceptors (Lipinski definition) is 4. The van der Waals surface area contributed by atoms with Crippen molar-refractivity contribution in [3.63, 3.8) is 0 Å². The third-order valence-electron chi connectivity index (χ3n) is 4.20. The first-order valence-corrected chi connectivity index (χ1v) is 7.94. The van der Waals surface area contributed by atoms with Crippen molar-refractivity contribution >= 4 is 11.6 Å². The molecular formula is C17H27N3O2. The summed E-state index contributed by atoms with van der Waals surface area (Å²) in [4.78, 5) is 14.5. The molecule has 122 valence electrons. The zero-order valence-electron chi connectivity index (χ0n) is 13.8. The number of methoxy groups -OCH3 is 1. The van der Waals surface area contributed by atoms with Crippen LogP contribution in [0.2, 0.25) is 0 Å². The molecule has 0 spiro atoms. The van der Waals surface area contributed by atoms with Gasteiger partial charge in [-0.25, -0.2) is 0 Å². The highest BCUT2D eigenvalue weighted by atomic mass is 16.5. The molecule has 1 saturated heterocycles. The van der Waals surface area contributed by atoms with Gasteiger partial charge in [0.15, 0.2) is 0 Å². The second-order valence-corrected chi connectivity index (χ2v) is 6.03. The fraction of sp³-hybridized carbons (Fsp3) is 0.588. The van der Waals surface area contributed by atoms with E-state index in [-0.39, 0.29) is 5.91 Å². The predicted octanol–water partition coefficient (Wildman–Crippen LogP) is 1.87. The number of nitrogens with zero attached hydrogens (tertiary/aromatic N) is 1. The van der Waals surface area contributed by atoms with E-state index < -0.39 is 0 Å². The highest BCUT2D eigenvalue weighted by Crippen LogP contribution is 2.25. The van der Waals surface area contributed by atoms with Crippen LogP contribution >= 0.6 is 0 Å². The third kappa shape index (κ3) is 4.71. The van der Waals surface area contributed by atoms with Gasteiger partial charge in [0.2, 0.25) is 5.91 Å². The van der Waals surface area contributed by atoms with Gasteiger partial charge >= 0.3 is 0 Å². The van der Waals surface area contributed by atoms with E-state index in [1.807, 2.05) is 32.2 Å². The number of rotatable bonds is 6. The number of benzene rings is 1. The van der Waals surface area contributed by atoms with Crippen LogP contribution in [-0.2, 0) is 4.79 Å². The summed E-state index contributed by atoms with van der Waals surface area (Å²) in [5.41, 5.74) is 1.85. The maximum absolute atomic E-state index is 12.2. The van der Waals surface area contributed by atoms with Crippen LogP contribution in [-0.4, -0.2) is 51.1 Å². The molecule has 1 heterocycles. The second kappa shape index (κ2) is 8.15. The number of amides is 1. The van der Waals surface area contributed by atoms with E-state index in [1.54, 1.807) is 7.11 Å². The first kappa shape index (κ1) is 16.8. The Labute approximate surface area is 133 Å². The molecule has 1 amide bonds. The minimum atomic E-state index is 0.0240.